The van der Waals surface area contributed by atoms with Crippen molar-refractivity contribution in [2.45, 2.75) is 78.1 Å². The third-order valence-corrected chi connectivity index (χ3v) is 2.79. The van der Waals surface area contributed by atoms with Crippen molar-refractivity contribution in [3.05, 3.63) is 24.3 Å². The maximum absolute atomic E-state index is 2.34. The van der Waals surface area contributed by atoms with Crippen molar-refractivity contribution < 1.29 is 0 Å². The molecule has 0 aromatic carbocycles. The van der Waals surface area contributed by atoms with Crippen molar-refractivity contribution in [3.63, 3.8) is 0 Å². The van der Waals surface area contributed by atoms with E-state index in [0.29, 0.717) is 0 Å². The summed E-state index contributed by atoms with van der Waals surface area (Å²) in [6.07, 6.45) is 22.5. The Kier molecular flexibility index (Phi) is 14.0. The second-order valence-electron chi connectivity index (χ2n) is 4.52. The highest BCUT2D eigenvalue weighted by Crippen LogP contribution is 2.07. The molecule has 0 heteroatoms. The molecule has 0 bridgehead atoms. The molecule has 0 aromatic heterocycles. The van der Waals surface area contributed by atoms with Gasteiger partial charge in [0, 0.05) is 0 Å². The molecule has 94 valence electrons. The number of rotatable bonds is 11. The lowest BCUT2D eigenvalue weighted by Gasteiger charge is -1.97. The third kappa shape index (κ3) is 13.5. The lowest BCUT2D eigenvalue weighted by Crippen LogP contribution is -1.77. The molecule has 0 saturated carbocycles. The Morgan fingerprint density at radius 1 is 0.562 bits per heavy atom. The van der Waals surface area contributed by atoms with Crippen LogP contribution in [0.25, 0.3) is 0 Å². The van der Waals surface area contributed by atoms with Gasteiger partial charge in [-0.25, -0.2) is 0 Å². The molecule has 0 aliphatic heterocycles. The summed E-state index contributed by atoms with van der Waals surface area (Å²) in [5.41, 5.74) is 0. The van der Waals surface area contributed by atoms with E-state index in [0.717, 1.165) is 6.42 Å². The van der Waals surface area contributed by atoms with Gasteiger partial charge in [-0.2, -0.15) is 0 Å². The quantitative estimate of drug-likeness (QED) is 0.295. The lowest BCUT2D eigenvalue weighted by molar-refractivity contribution is 0.611. The predicted molar refractivity (Wildman–Crippen MR) is 75.8 cm³/mol. The van der Waals surface area contributed by atoms with Crippen molar-refractivity contribution in [3.8, 4) is 0 Å². The molecule has 0 aliphatic rings. The molecule has 0 atom stereocenters. The summed E-state index contributed by atoms with van der Waals surface area (Å²) in [5, 5.41) is 0. The first kappa shape index (κ1) is 15.5. The SMILES string of the molecule is CCC/C=C\CC=CCCCCCCCC. The van der Waals surface area contributed by atoms with Gasteiger partial charge in [-0.15, -0.1) is 0 Å². The number of unbranched alkanes of at least 4 members (excludes halogenated alkanes) is 7. The van der Waals surface area contributed by atoms with Gasteiger partial charge in [0.15, 0.2) is 0 Å². The summed E-state index contributed by atoms with van der Waals surface area (Å²) in [6.45, 7) is 4.49. The molecule has 0 radical (unpaired) electrons. The summed E-state index contributed by atoms with van der Waals surface area (Å²) in [4.78, 5) is 0. The average Bonchev–Trinajstić information content (AvgIpc) is 2.31. The van der Waals surface area contributed by atoms with E-state index in [1.807, 2.05) is 0 Å². The molecule has 0 unspecified atom stereocenters. The van der Waals surface area contributed by atoms with Crippen LogP contribution in [-0.2, 0) is 0 Å². The number of hydrogen-bond acceptors (Lipinski definition) is 0. The molecule has 16 heavy (non-hydrogen) atoms. The van der Waals surface area contributed by atoms with Gasteiger partial charge in [-0.1, -0.05) is 76.7 Å². The van der Waals surface area contributed by atoms with E-state index in [4.69, 9.17) is 0 Å². The number of allylic oxidation sites excluding steroid dienone is 4. The molecule has 0 fully saturated rings. The van der Waals surface area contributed by atoms with Crippen LogP contribution in [0.1, 0.15) is 78.1 Å². The Morgan fingerprint density at radius 2 is 1.19 bits per heavy atom. The standard InChI is InChI=1S/C16H30/c1-3-5-7-9-11-13-15-16-14-12-10-8-6-4-2/h7,9,13,15H,3-6,8,10-12,14,16H2,1-2H3/b9-7-,15-13?. The zero-order valence-electron chi connectivity index (χ0n) is 11.4. The summed E-state index contributed by atoms with van der Waals surface area (Å²) in [6, 6.07) is 0. The normalized spacial score (nSPS) is 11.9. The monoisotopic (exact) mass is 222 g/mol. The van der Waals surface area contributed by atoms with Gasteiger partial charge >= 0.3 is 0 Å². The van der Waals surface area contributed by atoms with Crippen LogP contribution in [0.2, 0.25) is 0 Å². The Balaban J connectivity index is 3.09. The van der Waals surface area contributed by atoms with Crippen molar-refractivity contribution in [2.24, 2.45) is 0 Å². The van der Waals surface area contributed by atoms with Gasteiger partial charge < -0.3 is 0 Å². The Hall–Kier alpha value is -0.520. The molecule has 0 N–H and O–H groups in total. The van der Waals surface area contributed by atoms with Crippen LogP contribution < -0.4 is 0 Å². The van der Waals surface area contributed by atoms with Crippen LogP contribution in [0, 0.1) is 0 Å². The van der Waals surface area contributed by atoms with Crippen LogP contribution in [0.5, 0.6) is 0 Å². The van der Waals surface area contributed by atoms with Crippen LogP contribution >= 0.6 is 0 Å². The highest BCUT2D eigenvalue weighted by Gasteiger charge is 1.87. The highest BCUT2D eigenvalue weighted by atomic mass is 13.9. The van der Waals surface area contributed by atoms with Gasteiger partial charge in [0.2, 0.25) is 0 Å². The summed E-state index contributed by atoms with van der Waals surface area (Å²) in [5.74, 6) is 0. The van der Waals surface area contributed by atoms with E-state index in [2.05, 4.69) is 38.2 Å². The fraction of sp³-hybridized carbons (Fsp3) is 0.750. The molecule has 0 saturated heterocycles. The largest absolute Gasteiger partial charge is 0.0882 e. The second-order valence-corrected chi connectivity index (χ2v) is 4.52. The maximum atomic E-state index is 2.34. The van der Waals surface area contributed by atoms with Crippen molar-refractivity contribution in [1.29, 1.82) is 0 Å². The minimum absolute atomic E-state index is 1.12. The van der Waals surface area contributed by atoms with Crippen LogP contribution in [0.4, 0.5) is 0 Å². The van der Waals surface area contributed by atoms with Crippen LogP contribution in [-0.4, -0.2) is 0 Å². The third-order valence-electron chi connectivity index (χ3n) is 2.79. The molecule has 0 amide bonds. The second kappa shape index (κ2) is 14.5. The fourth-order valence-electron chi connectivity index (χ4n) is 1.72. The maximum Gasteiger partial charge on any atom is -0.0169 e. The van der Waals surface area contributed by atoms with Crippen molar-refractivity contribution >= 4 is 0 Å². The smallest absolute Gasteiger partial charge is 0.0169 e. The first-order valence-corrected chi connectivity index (χ1v) is 7.21. The zero-order chi connectivity index (χ0) is 11.9. The summed E-state index contributed by atoms with van der Waals surface area (Å²) in [7, 11) is 0. The topological polar surface area (TPSA) is 0 Å². The molecule has 0 heterocycles. The van der Waals surface area contributed by atoms with Crippen LogP contribution in [0.3, 0.4) is 0 Å². The van der Waals surface area contributed by atoms with E-state index in [-0.39, 0.29) is 0 Å². The first-order chi connectivity index (χ1) is 7.91. The first-order valence-electron chi connectivity index (χ1n) is 7.21. The lowest BCUT2D eigenvalue weighted by atomic mass is 10.1. The van der Waals surface area contributed by atoms with E-state index < -0.39 is 0 Å². The minimum atomic E-state index is 1.12. The fourth-order valence-corrected chi connectivity index (χ4v) is 1.72. The van der Waals surface area contributed by atoms with E-state index in [9.17, 15) is 0 Å². The molecule has 0 aliphatic carbocycles. The Bertz CT molecular complexity index is 165. The molecule has 0 nitrogen and oxygen atoms in total. The molecular formula is C16H30. The van der Waals surface area contributed by atoms with Gasteiger partial charge in [0.25, 0.3) is 0 Å². The van der Waals surface area contributed by atoms with Gasteiger partial charge in [-0.05, 0) is 25.7 Å². The van der Waals surface area contributed by atoms with Crippen molar-refractivity contribution in [1.82, 2.24) is 0 Å². The molecule has 0 aromatic rings. The van der Waals surface area contributed by atoms with Crippen molar-refractivity contribution in [2.75, 3.05) is 0 Å². The molecule has 0 rings (SSSR count). The molecule has 0 spiro atoms. The van der Waals surface area contributed by atoms with E-state index >= 15 is 0 Å². The van der Waals surface area contributed by atoms with Crippen LogP contribution in [0.15, 0.2) is 24.3 Å². The Morgan fingerprint density at radius 3 is 1.88 bits per heavy atom. The van der Waals surface area contributed by atoms with E-state index in [1.165, 1.54) is 57.8 Å². The molecular weight excluding hydrogens is 192 g/mol. The predicted octanol–water partition coefficient (Wildman–Crippen LogP) is 6.04. The zero-order valence-corrected chi connectivity index (χ0v) is 11.4. The number of hydrogen-bond donors (Lipinski definition) is 0. The van der Waals surface area contributed by atoms with E-state index in [1.54, 1.807) is 0 Å². The van der Waals surface area contributed by atoms with Gasteiger partial charge in [0.1, 0.15) is 0 Å². The van der Waals surface area contributed by atoms with Gasteiger partial charge in [0.05, 0.1) is 0 Å². The minimum Gasteiger partial charge on any atom is -0.0882 e. The average molecular weight is 222 g/mol. The van der Waals surface area contributed by atoms with Gasteiger partial charge in [-0.3, -0.25) is 0 Å². The summed E-state index contributed by atoms with van der Waals surface area (Å²) < 4.78 is 0. The highest BCUT2D eigenvalue weighted by molar-refractivity contribution is 4.92. The summed E-state index contributed by atoms with van der Waals surface area (Å²) >= 11 is 0. The Labute approximate surface area is 103 Å².